The maximum Gasteiger partial charge on any atom is 0.416 e. The first-order valence-corrected chi connectivity index (χ1v) is 16.6. The lowest BCUT2D eigenvalue weighted by Crippen LogP contribution is -2.54. The van der Waals surface area contributed by atoms with Gasteiger partial charge in [0.25, 0.3) is 17.7 Å². The first-order chi connectivity index (χ1) is 23.4. The van der Waals surface area contributed by atoms with Crippen LogP contribution in [-0.4, -0.2) is 76.5 Å². The second-order valence-corrected chi connectivity index (χ2v) is 13.5. The monoisotopic (exact) mass is 672 g/mol. The molecule has 12 heteroatoms. The molecule has 7 rings (SSSR count). The Morgan fingerprint density at radius 2 is 1.49 bits per heavy atom. The maximum atomic E-state index is 13.6. The summed E-state index contributed by atoms with van der Waals surface area (Å²) in [5.41, 5.74) is 2.27. The first-order valence-electron chi connectivity index (χ1n) is 16.6. The third-order valence-corrected chi connectivity index (χ3v) is 10.6. The van der Waals surface area contributed by atoms with E-state index in [0.717, 1.165) is 66.9 Å². The molecule has 49 heavy (non-hydrogen) atoms. The second-order valence-electron chi connectivity index (χ2n) is 13.5. The number of hydrogen-bond acceptors (Lipinski definition) is 6. The van der Waals surface area contributed by atoms with Gasteiger partial charge in [-0.2, -0.15) is 13.2 Å². The van der Waals surface area contributed by atoms with Crippen molar-refractivity contribution in [3.63, 3.8) is 0 Å². The third-order valence-electron chi connectivity index (χ3n) is 10.6. The molecule has 9 nitrogen and oxygen atoms in total. The van der Waals surface area contributed by atoms with Crippen LogP contribution in [0.2, 0.25) is 0 Å². The Labute approximate surface area is 281 Å². The molecule has 0 radical (unpaired) electrons. The molecule has 1 atom stereocenters. The number of rotatable bonds is 5. The molecule has 254 valence electrons. The van der Waals surface area contributed by atoms with Gasteiger partial charge in [0.15, 0.2) is 0 Å². The van der Waals surface area contributed by atoms with Crippen molar-refractivity contribution < 1.29 is 37.1 Å². The number of nitrogens with zero attached hydrogens (tertiary/aromatic N) is 3. The van der Waals surface area contributed by atoms with Gasteiger partial charge in [0, 0.05) is 31.6 Å². The van der Waals surface area contributed by atoms with Gasteiger partial charge in [-0.05, 0) is 97.6 Å². The molecule has 0 saturated carbocycles. The summed E-state index contributed by atoms with van der Waals surface area (Å²) in [6.07, 6.45) is -0.827. The largest absolute Gasteiger partial charge is 0.416 e. The highest BCUT2D eigenvalue weighted by Crippen LogP contribution is 2.42. The van der Waals surface area contributed by atoms with Crippen LogP contribution in [0, 0.1) is 5.41 Å². The lowest BCUT2D eigenvalue weighted by molar-refractivity contribution is -0.138. The van der Waals surface area contributed by atoms with Gasteiger partial charge < -0.3 is 4.90 Å². The average Bonchev–Trinajstić information content (AvgIpc) is 3.35. The van der Waals surface area contributed by atoms with Crippen molar-refractivity contribution >= 4 is 29.5 Å². The van der Waals surface area contributed by atoms with E-state index in [4.69, 9.17) is 0 Å². The quantitative estimate of drug-likeness (QED) is 0.370. The highest BCUT2D eigenvalue weighted by atomic mass is 19.4. The number of benzene rings is 3. The molecule has 5 amide bonds. The molecule has 0 bridgehead atoms. The third kappa shape index (κ3) is 6.25. The average molecular weight is 673 g/mol. The molecule has 1 N–H and O–H groups in total. The molecule has 0 aliphatic carbocycles. The van der Waals surface area contributed by atoms with Gasteiger partial charge in [0.2, 0.25) is 11.8 Å². The Bertz CT molecular complexity index is 1860. The number of fused-ring (bicyclic) bond motifs is 1. The van der Waals surface area contributed by atoms with Crippen LogP contribution < -0.4 is 5.32 Å². The van der Waals surface area contributed by atoms with Crippen molar-refractivity contribution in [1.29, 1.82) is 0 Å². The van der Waals surface area contributed by atoms with Crippen molar-refractivity contribution in [3.8, 4) is 11.1 Å². The number of nitrogens with one attached hydrogen (secondary N) is 1. The van der Waals surface area contributed by atoms with Crippen LogP contribution in [0.3, 0.4) is 0 Å². The van der Waals surface area contributed by atoms with Crippen molar-refractivity contribution in [2.45, 2.75) is 57.3 Å². The van der Waals surface area contributed by atoms with Gasteiger partial charge in [-0.3, -0.25) is 39.1 Å². The van der Waals surface area contributed by atoms with Crippen LogP contribution in [0.15, 0.2) is 66.7 Å². The Morgan fingerprint density at radius 3 is 2.20 bits per heavy atom. The zero-order valence-corrected chi connectivity index (χ0v) is 26.7. The summed E-state index contributed by atoms with van der Waals surface area (Å²) in [7, 11) is 0. The van der Waals surface area contributed by atoms with Gasteiger partial charge in [-0.25, -0.2) is 0 Å². The molecule has 3 aromatic carbocycles. The van der Waals surface area contributed by atoms with E-state index in [0.29, 0.717) is 25.2 Å². The minimum Gasteiger partial charge on any atom is -0.339 e. The topological polar surface area (TPSA) is 107 Å². The lowest BCUT2D eigenvalue weighted by atomic mass is 9.71. The number of halogens is 3. The zero-order valence-electron chi connectivity index (χ0n) is 26.7. The highest BCUT2D eigenvalue weighted by molar-refractivity contribution is 6.25. The number of imide groups is 2. The van der Waals surface area contributed by atoms with E-state index in [1.807, 2.05) is 24.3 Å². The van der Waals surface area contributed by atoms with E-state index in [1.54, 1.807) is 23.1 Å². The molecule has 4 heterocycles. The number of amides is 5. The predicted octanol–water partition coefficient (Wildman–Crippen LogP) is 5.29. The first kappa shape index (κ1) is 32.7. The molecule has 1 spiro atoms. The molecule has 3 saturated heterocycles. The van der Waals surface area contributed by atoms with E-state index in [9.17, 15) is 37.1 Å². The molecular formula is C37H35F3N4O5. The van der Waals surface area contributed by atoms with E-state index in [1.165, 1.54) is 12.1 Å². The summed E-state index contributed by atoms with van der Waals surface area (Å²) < 4.78 is 39.5. The number of carbonyl (C=O) groups excluding carboxylic acids is 5. The van der Waals surface area contributed by atoms with Gasteiger partial charge in [0.1, 0.15) is 6.04 Å². The number of alkyl halides is 3. The minimum absolute atomic E-state index is 0.0533. The van der Waals surface area contributed by atoms with Crippen LogP contribution in [0.5, 0.6) is 0 Å². The van der Waals surface area contributed by atoms with E-state index in [-0.39, 0.29) is 40.9 Å². The second kappa shape index (κ2) is 12.6. The molecule has 0 aromatic heterocycles. The number of likely N-dealkylation sites (tertiary alicyclic amines) is 2. The zero-order chi connectivity index (χ0) is 34.5. The fourth-order valence-corrected chi connectivity index (χ4v) is 7.73. The van der Waals surface area contributed by atoms with Crippen LogP contribution in [0.1, 0.15) is 80.7 Å². The summed E-state index contributed by atoms with van der Waals surface area (Å²) in [6.45, 7) is 3.44. The fourth-order valence-electron chi connectivity index (χ4n) is 7.73. The smallest absolute Gasteiger partial charge is 0.339 e. The van der Waals surface area contributed by atoms with Crippen molar-refractivity contribution in [3.05, 3.63) is 94.5 Å². The van der Waals surface area contributed by atoms with Gasteiger partial charge in [-0.15, -0.1) is 0 Å². The molecule has 3 aromatic rings. The molecule has 4 aliphatic heterocycles. The Hall–Kier alpha value is -4.84. The van der Waals surface area contributed by atoms with E-state index >= 15 is 0 Å². The van der Waals surface area contributed by atoms with Crippen molar-refractivity contribution in [2.24, 2.45) is 5.41 Å². The summed E-state index contributed by atoms with van der Waals surface area (Å²) in [5.74, 6) is -2.52. The summed E-state index contributed by atoms with van der Waals surface area (Å²) >= 11 is 0. The minimum atomic E-state index is -4.50. The molecular weight excluding hydrogens is 637 g/mol. The lowest BCUT2D eigenvalue weighted by Gasteiger charge is -2.47. The predicted molar refractivity (Wildman–Crippen MR) is 172 cm³/mol. The highest BCUT2D eigenvalue weighted by Gasteiger charge is 2.46. The Balaban J connectivity index is 0.982. The molecule has 3 fully saturated rings. The van der Waals surface area contributed by atoms with E-state index in [2.05, 4.69) is 10.2 Å². The van der Waals surface area contributed by atoms with Gasteiger partial charge in [-0.1, -0.05) is 36.4 Å². The maximum absolute atomic E-state index is 13.6. The van der Waals surface area contributed by atoms with Crippen LogP contribution in [0.4, 0.5) is 13.2 Å². The van der Waals surface area contributed by atoms with Gasteiger partial charge in [0.05, 0.1) is 16.7 Å². The summed E-state index contributed by atoms with van der Waals surface area (Å²) in [4.78, 5) is 69.2. The number of carbonyl (C=O) groups is 5. The summed E-state index contributed by atoms with van der Waals surface area (Å²) in [5, 5.41) is 2.23. The number of piperidine rings is 3. The normalized spacial score (nSPS) is 21.2. The Kier molecular flexibility index (Phi) is 8.38. The fraction of sp³-hybridized carbons (Fsp3) is 0.378. The molecule has 1 unspecified atom stereocenters. The Morgan fingerprint density at radius 1 is 0.816 bits per heavy atom. The van der Waals surface area contributed by atoms with Crippen LogP contribution in [-0.2, 0) is 22.3 Å². The number of hydrogen-bond donors (Lipinski definition) is 1. The standard InChI is InChI=1S/C37H35F3N4O5/c38-37(39,40)26-7-2-6-25(21-26)33(47)43-18-14-36(15-19-43)12-16-42(17-13-36)22-23-4-1-5-24(20-23)27-8-3-9-28-31(27)35(49)44(34(28)48)29-10-11-30(45)41-32(29)46/h1-9,20-21,29H,10-19,22H2,(H,41,45,46). The summed E-state index contributed by atoms with van der Waals surface area (Å²) in [6, 6.07) is 16.6. The van der Waals surface area contributed by atoms with Crippen LogP contribution >= 0.6 is 0 Å². The molecule has 4 aliphatic rings. The van der Waals surface area contributed by atoms with Gasteiger partial charge >= 0.3 is 6.18 Å². The van der Waals surface area contributed by atoms with E-state index < -0.39 is 41.4 Å². The SMILES string of the molecule is O=C1CCC(N2C(=O)c3cccc(-c4cccc(CN5CCC6(CC5)CCN(C(=O)c5cccc(C(F)(F)F)c5)CC6)c4)c3C2=O)C(=O)N1. The van der Waals surface area contributed by atoms with Crippen molar-refractivity contribution in [2.75, 3.05) is 26.2 Å². The van der Waals surface area contributed by atoms with Crippen molar-refractivity contribution in [1.82, 2.24) is 20.0 Å². The van der Waals surface area contributed by atoms with Crippen LogP contribution in [0.25, 0.3) is 11.1 Å².